The molecule has 0 bridgehead atoms. The molecule has 1 unspecified atom stereocenters. The number of carbonyl (C=O) groups excluding carboxylic acids is 1. The fraction of sp³-hybridized carbons (Fsp3) is 0.600. The van der Waals surface area contributed by atoms with Gasteiger partial charge in [-0.2, -0.15) is 0 Å². The second-order valence-electron chi connectivity index (χ2n) is 6.04. The van der Waals surface area contributed by atoms with Gasteiger partial charge in [0.1, 0.15) is 5.71 Å². The molecule has 1 N–H and O–H groups in total. The lowest BCUT2D eigenvalue weighted by Crippen LogP contribution is -2.49. The maximum absolute atomic E-state index is 11.7. The molecule has 1 fully saturated rings. The van der Waals surface area contributed by atoms with Crippen LogP contribution in [0.15, 0.2) is 11.2 Å². The Morgan fingerprint density at radius 1 is 1.36 bits per heavy atom. The van der Waals surface area contributed by atoms with Gasteiger partial charge in [0, 0.05) is 31.4 Å². The van der Waals surface area contributed by atoms with Crippen LogP contribution in [0, 0.1) is 13.8 Å². The van der Waals surface area contributed by atoms with E-state index >= 15 is 0 Å². The molecule has 1 atom stereocenters. The number of hydrogen-bond acceptors (Lipinski definition) is 6. The van der Waals surface area contributed by atoms with Gasteiger partial charge in [0.15, 0.2) is 5.60 Å². The number of amides is 1. The summed E-state index contributed by atoms with van der Waals surface area (Å²) < 4.78 is 0. The van der Waals surface area contributed by atoms with Gasteiger partial charge in [0.2, 0.25) is 5.95 Å². The van der Waals surface area contributed by atoms with Crippen molar-refractivity contribution in [3.63, 3.8) is 0 Å². The maximum Gasteiger partial charge on any atom is 0.268 e. The van der Waals surface area contributed by atoms with Crippen LogP contribution < -0.4 is 10.2 Å². The molecule has 0 saturated carbocycles. The first kappa shape index (κ1) is 14.7. The fourth-order valence-electron chi connectivity index (χ4n) is 3.12. The molecule has 2 aliphatic heterocycles. The molecule has 7 nitrogen and oxygen atoms in total. The van der Waals surface area contributed by atoms with Gasteiger partial charge in [-0.15, -0.1) is 0 Å². The number of piperidine rings is 1. The maximum atomic E-state index is 11.7. The third-order valence-corrected chi connectivity index (χ3v) is 4.12. The molecular formula is C15H21N5O2. The first-order valence-electron chi connectivity index (χ1n) is 7.56. The standard InChI is InChI=1S/C15H21N5O2/c1-10-7-11(2)18-14(17-10)20-6-4-5-15(9-20)8-12(19-22-15)13(21)16-3/h7H,4-6,8-9H2,1-3H3,(H,16,21). The van der Waals surface area contributed by atoms with Crippen molar-refractivity contribution in [2.45, 2.75) is 38.7 Å². The topological polar surface area (TPSA) is 79.7 Å². The van der Waals surface area contributed by atoms with Gasteiger partial charge < -0.3 is 15.1 Å². The molecule has 1 spiro atoms. The van der Waals surface area contributed by atoms with Crippen LogP contribution in [-0.2, 0) is 9.63 Å². The minimum Gasteiger partial charge on any atom is -0.386 e. The molecule has 3 rings (SSSR count). The lowest BCUT2D eigenvalue weighted by molar-refractivity contribution is -0.114. The number of nitrogens with zero attached hydrogens (tertiary/aromatic N) is 4. The summed E-state index contributed by atoms with van der Waals surface area (Å²) in [5, 5.41) is 6.58. The summed E-state index contributed by atoms with van der Waals surface area (Å²) in [6, 6.07) is 1.96. The Bertz CT molecular complexity index is 610. The first-order valence-corrected chi connectivity index (χ1v) is 7.56. The monoisotopic (exact) mass is 303 g/mol. The molecule has 22 heavy (non-hydrogen) atoms. The molecule has 3 heterocycles. The van der Waals surface area contributed by atoms with Crippen LogP contribution in [0.25, 0.3) is 0 Å². The van der Waals surface area contributed by atoms with E-state index in [0.29, 0.717) is 18.7 Å². The quantitative estimate of drug-likeness (QED) is 0.880. The Kier molecular flexibility index (Phi) is 3.72. The van der Waals surface area contributed by atoms with Crippen molar-refractivity contribution in [1.82, 2.24) is 15.3 Å². The number of rotatable bonds is 2. The highest BCUT2D eigenvalue weighted by atomic mass is 16.7. The van der Waals surface area contributed by atoms with Crippen molar-refractivity contribution in [3.05, 3.63) is 17.5 Å². The summed E-state index contributed by atoms with van der Waals surface area (Å²) in [6.07, 6.45) is 2.39. The van der Waals surface area contributed by atoms with Gasteiger partial charge in [-0.25, -0.2) is 9.97 Å². The van der Waals surface area contributed by atoms with Crippen LogP contribution in [-0.4, -0.2) is 47.3 Å². The molecule has 118 valence electrons. The number of anilines is 1. The molecule has 1 saturated heterocycles. The van der Waals surface area contributed by atoms with Crippen LogP contribution >= 0.6 is 0 Å². The number of carbonyl (C=O) groups is 1. The number of aromatic nitrogens is 2. The van der Waals surface area contributed by atoms with Crippen molar-refractivity contribution >= 4 is 17.6 Å². The molecule has 1 aromatic rings. The van der Waals surface area contributed by atoms with E-state index in [2.05, 4.69) is 25.3 Å². The van der Waals surface area contributed by atoms with Crippen LogP contribution in [0.1, 0.15) is 30.7 Å². The summed E-state index contributed by atoms with van der Waals surface area (Å²) in [5.74, 6) is 0.560. The third-order valence-electron chi connectivity index (χ3n) is 4.12. The van der Waals surface area contributed by atoms with E-state index in [-0.39, 0.29) is 5.91 Å². The lowest BCUT2D eigenvalue weighted by atomic mass is 9.88. The first-order chi connectivity index (χ1) is 10.5. The zero-order valence-electron chi connectivity index (χ0n) is 13.2. The third kappa shape index (κ3) is 2.75. The Morgan fingerprint density at radius 3 is 2.77 bits per heavy atom. The predicted octanol–water partition coefficient (Wildman–Crippen LogP) is 0.955. The van der Waals surface area contributed by atoms with Gasteiger partial charge in [-0.1, -0.05) is 5.16 Å². The van der Waals surface area contributed by atoms with Crippen LogP contribution in [0.5, 0.6) is 0 Å². The van der Waals surface area contributed by atoms with E-state index in [1.807, 2.05) is 19.9 Å². The van der Waals surface area contributed by atoms with Gasteiger partial charge >= 0.3 is 0 Å². The predicted molar refractivity (Wildman–Crippen MR) is 82.9 cm³/mol. The van der Waals surface area contributed by atoms with Gasteiger partial charge in [-0.05, 0) is 32.8 Å². The number of nitrogens with one attached hydrogen (secondary N) is 1. The molecular weight excluding hydrogens is 282 g/mol. The Hall–Kier alpha value is -2.18. The van der Waals surface area contributed by atoms with E-state index in [1.54, 1.807) is 7.05 Å². The van der Waals surface area contributed by atoms with Crippen LogP contribution in [0.3, 0.4) is 0 Å². The van der Waals surface area contributed by atoms with Crippen molar-refractivity contribution in [3.8, 4) is 0 Å². The number of hydrogen-bond donors (Lipinski definition) is 1. The summed E-state index contributed by atoms with van der Waals surface area (Å²) >= 11 is 0. The Morgan fingerprint density at radius 2 is 2.09 bits per heavy atom. The molecule has 2 aliphatic rings. The zero-order chi connectivity index (χ0) is 15.7. The second-order valence-corrected chi connectivity index (χ2v) is 6.04. The number of oxime groups is 1. The van der Waals surface area contributed by atoms with Crippen molar-refractivity contribution < 1.29 is 9.63 Å². The summed E-state index contributed by atoms with van der Waals surface area (Å²) in [7, 11) is 1.60. The highest BCUT2D eigenvalue weighted by Gasteiger charge is 2.45. The average molecular weight is 303 g/mol. The van der Waals surface area contributed by atoms with Gasteiger partial charge in [-0.3, -0.25) is 4.79 Å². The van der Waals surface area contributed by atoms with Gasteiger partial charge in [0.25, 0.3) is 5.91 Å². The second kappa shape index (κ2) is 5.55. The van der Waals surface area contributed by atoms with Crippen molar-refractivity contribution in [2.24, 2.45) is 5.16 Å². The minimum absolute atomic E-state index is 0.170. The van der Waals surface area contributed by atoms with Crippen molar-refractivity contribution in [1.29, 1.82) is 0 Å². The fourth-order valence-corrected chi connectivity index (χ4v) is 3.12. The molecule has 1 amide bonds. The summed E-state index contributed by atoms with van der Waals surface area (Å²) in [6.45, 7) is 5.48. The smallest absolute Gasteiger partial charge is 0.268 e. The SMILES string of the molecule is CNC(=O)C1=NOC2(CCCN(c3nc(C)cc(C)n3)C2)C1. The molecule has 0 aromatic carbocycles. The van der Waals surface area contributed by atoms with Crippen LogP contribution in [0.2, 0.25) is 0 Å². The highest BCUT2D eigenvalue weighted by molar-refractivity contribution is 6.39. The average Bonchev–Trinajstić information content (AvgIpc) is 2.89. The van der Waals surface area contributed by atoms with Crippen molar-refractivity contribution in [2.75, 3.05) is 25.0 Å². The Balaban J connectivity index is 1.77. The molecule has 0 radical (unpaired) electrons. The largest absolute Gasteiger partial charge is 0.386 e. The minimum atomic E-state index is -0.429. The van der Waals surface area contributed by atoms with E-state index in [4.69, 9.17) is 4.84 Å². The molecule has 0 aliphatic carbocycles. The van der Waals surface area contributed by atoms with Crippen LogP contribution in [0.4, 0.5) is 5.95 Å². The molecule has 1 aromatic heterocycles. The van der Waals surface area contributed by atoms with E-state index in [1.165, 1.54) is 0 Å². The van der Waals surface area contributed by atoms with E-state index in [9.17, 15) is 4.79 Å². The molecule has 7 heteroatoms. The van der Waals surface area contributed by atoms with E-state index in [0.717, 1.165) is 36.7 Å². The zero-order valence-corrected chi connectivity index (χ0v) is 13.2. The number of aryl methyl sites for hydroxylation is 2. The van der Waals surface area contributed by atoms with Gasteiger partial charge in [0.05, 0.1) is 6.54 Å². The highest BCUT2D eigenvalue weighted by Crippen LogP contribution is 2.34. The lowest BCUT2D eigenvalue weighted by Gasteiger charge is -2.38. The Labute approximate surface area is 129 Å². The normalized spacial score (nSPS) is 24.1. The summed E-state index contributed by atoms with van der Waals surface area (Å²) in [4.78, 5) is 28.6. The van der Waals surface area contributed by atoms with E-state index < -0.39 is 5.60 Å². The summed E-state index contributed by atoms with van der Waals surface area (Å²) in [5.41, 5.74) is 1.94.